The Kier molecular flexibility index (Phi) is 5.84. The van der Waals surface area contributed by atoms with Gasteiger partial charge in [0.1, 0.15) is 22.3 Å². The van der Waals surface area contributed by atoms with E-state index < -0.39 is 0 Å². The minimum Gasteiger partial charge on any atom is -0.497 e. The standard InChI is InChI=1S/C23H21FN6O2S/c1-15-27-30-21(22(25-23(30)33-15)16-7-9-19(31-2)10-8-16)14-32-13-18-12-29(28-26-18)11-17-5-3-4-6-20(17)24/h3-10,12H,11,13-14H2,1-2H3. The maximum atomic E-state index is 13.9. The lowest BCUT2D eigenvalue weighted by Gasteiger charge is -2.06. The number of hydrogen-bond donors (Lipinski definition) is 0. The number of benzene rings is 2. The Bertz CT molecular complexity index is 1390. The summed E-state index contributed by atoms with van der Waals surface area (Å²) in [5.41, 5.74) is 3.85. The van der Waals surface area contributed by atoms with Gasteiger partial charge in [-0.2, -0.15) is 5.10 Å². The molecule has 0 saturated heterocycles. The summed E-state index contributed by atoms with van der Waals surface area (Å²) in [7, 11) is 1.64. The van der Waals surface area contributed by atoms with E-state index in [0.29, 0.717) is 24.4 Å². The van der Waals surface area contributed by atoms with Crippen LogP contribution >= 0.6 is 11.3 Å². The van der Waals surface area contributed by atoms with Crippen molar-refractivity contribution < 1.29 is 13.9 Å². The second-order valence-corrected chi connectivity index (χ2v) is 8.60. The van der Waals surface area contributed by atoms with Gasteiger partial charge in [0.15, 0.2) is 0 Å². The number of aryl methyl sites for hydroxylation is 1. The number of nitrogens with zero attached hydrogens (tertiary/aromatic N) is 6. The fourth-order valence-corrected chi connectivity index (χ4v) is 4.29. The molecule has 0 saturated carbocycles. The third-order valence-electron chi connectivity index (χ3n) is 5.13. The third kappa shape index (κ3) is 4.48. The summed E-state index contributed by atoms with van der Waals surface area (Å²) in [5, 5.41) is 13.7. The Morgan fingerprint density at radius 2 is 1.88 bits per heavy atom. The molecule has 0 N–H and O–H groups in total. The van der Waals surface area contributed by atoms with E-state index in [9.17, 15) is 4.39 Å². The van der Waals surface area contributed by atoms with Crippen LogP contribution in [0.2, 0.25) is 0 Å². The summed E-state index contributed by atoms with van der Waals surface area (Å²) < 4.78 is 28.5. The Labute approximate surface area is 193 Å². The topological polar surface area (TPSA) is 79.4 Å². The molecular weight excluding hydrogens is 443 g/mol. The van der Waals surface area contributed by atoms with Crippen LogP contribution in [0, 0.1) is 12.7 Å². The van der Waals surface area contributed by atoms with E-state index in [1.54, 1.807) is 36.2 Å². The molecule has 0 bridgehead atoms. The molecule has 10 heteroatoms. The van der Waals surface area contributed by atoms with Crippen LogP contribution in [0.3, 0.4) is 0 Å². The molecule has 33 heavy (non-hydrogen) atoms. The highest BCUT2D eigenvalue weighted by atomic mass is 32.1. The van der Waals surface area contributed by atoms with Crippen molar-refractivity contribution in [2.45, 2.75) is 26.7 Å². The average molecular weight is 465 g/mol. The number of hydrogen-bond acceptors (Lipinski definition) is 7. The van der Waals surface area contributed by atoms with E-state index in [-0.39, 0.29) is 12.4 Å². The highest BCUT2D eigenvalue weighted by molar-refractivity contribution is 7.16. The largest absolute Gasteiger partial charge is 0.497 e. The lowest BCUT2D eigenvalue weighted by atomic mass is 10.1. The lowest BCUT2D eigenvalue weighted by molar-refractivity contribution is 0.101. The summed E-state index contributed by atoms with van der Waals surface area (Å²) in [6.07, 6.45) is 1.76. The number of methoxy groups -OCH3 is 1. The van der Waals surface area contributed by atoms with Crippen molar-refractivity contribution in [2.24, 2.45) is 0 Å². The van der Waals surface area contributed by atoms with Crippen LogP contribution in [0.15, 0.2) is 54.7 Å². The van der Waals surface area contributed by atoms with Gasteiger partial charge in [-0.15, -0.1) is 5.10 Å². The smallest absolute Gasteiger partial charge is 0.213 e. The molecule has 5 rings (SSSR count). The SMILES string of the molecule is COc1ccc(-c2nc3sc(C)nn3c2COCc2cn(Cc3ccccc3F)nn2)cc1. The number of fused-ring (bicyclic) bond motifs is 1. The molecule has 3 heterocycles. The predicted molar refractivity (Wildman–Crippen MR) is 122 cm³/mol. The van der Waals surface area contributed by atoms with E-state index in [1.165, 1.54) is 17.4 Å². The molecule has 0 aliphatic carbocycles. The summed E-state index contributed by atoms with van der Waals surface area (Å²) in [4.78, 5) is 5.59. The third-order valence-corrected chi connectivity index (χ3v) is 5.95. The molecule has 3 aromatic heterocycles. The maximum absolute atomic E-state index is 13.9. The molecule has 168 valence electrons. The van der Waals surface area contributed by atoms with Gasteiger partial charge >= 0.3 is 0 Å². The van der Waals surface area contributed by atoms with E-state index >= 15 is 0 Å². The van der Waals surface area contributed by atoms with Crippen molar-refractivity contribution in [2.75, 3.05) is 7.11 Å². The van der Waals surface area contributed by atoms with Gasteiger partial charge in [-0.05, 0) is 37.3 Å². The van der Waals surface area contributed by atoms with Gasteiger partial charge in [-0.25, -0.2) is 18.6 Å². The van der Waals surface area contributed by atoms with Gasteiger partial charge in [0, 0.05) is 11.1 Å². The molecule has 0 spiro atoms. The first-order valence-corrected chi connectivity index (χ1v) is 11.1. The first kappa shape index (κ1) is 21.2. The minimum absolute atomic E-state index is 0.260. The molecule has 0 fully saturated rings. The zero-order chi connectivity index (χ0) is 22.8. The quantitative estimate of drug-likeness (QED) is 0.341. The Morgan fingerprint density at radius 3 is 2.67 bits per heavy atom. The first-order valence-electron chi connectivity index (χ1n) is 10.3. The summed E-state index contributed by atoms with van der Waals surface area (Å²) in [5.74, 6) is 0.519. The van der Waals surface area contributed by atoms with Gasteiger partial charge in [-0.3, -0.25) is 0 Å². The zero-order valence-electron chi connectivity index (χ0n) is 18.1. The van der Waals surface area contributed by atoms with Crippen molar-refractivity contribution in [1.82, 2.24) is 29.6 Å². The molecule has 0 amide bonds. The van der Waals surface area contributed by atoms with Crippen LogP contribution in [-0.2, 0) is 24.5 Å². The molecule has 0 aliphatic rings. The van der Waals surface area contributed by atoms with Gasteiger partial charge < -0.3 is 9.47 Å². The van der Waals surface area contributed by atoms with Crippen LogP contribution < -0.4 is 4.74 Å². The summed E-state index contributed by atoms with van der Waals surface area (Å²) in [6.45, 7) is 2.81. The molecular formula is C23H21FN6O2S. The first-order chi connectivity index (χ1) is 16.1. The number of rotatable bonds is 8. The molecule has 5 aromatic rings. The Hall–Kier alpha value is -3.63. The minimum atomic E-state index is -0.264. The number of imidazole rings is 1. The zero-order valence-corrected chi connectivity index (χ0v) is 18.9. The molecule has 0 aliphatic heterocycles. The van der Waals surface area contributed by atoms with E-state index in [0.717, 1.165) is 32.7 Å². The van der Waals surface area contributed by atoms with Crippen LogP contribution in [0.25, 0.3) is 16.2 Å². The van der Waals surface area contributed by atoms with Crippen molar-refractivity contribution >= 4 is 16.3 Å². The van der Waals surface area contributed by atoms with Crippen molar-refractivity contribution in [3.05, 3.63) is 82.5 Å². The number of halogens is 1. The molecule has 0 unspecified atom stereocenters. The maximum Gasteiger partial charge on any atom is 0.213 e. The van der Waals surface area contributed by atoms with Crippen LogP contribution in [0.4, 0.5) is 4.39 Å². The fraction of sp³-hybridized carbons (Fsp3) is 0.217. The van der Waals surface area contributed by atoms with E-state index in [4.69, 9.17) is 14.5 Å². The molecule has 0 atom stereocenters. The summed E-state index contributed by atoms with van der Waals surface area (Å²) in [6, 6.07) is 14.4. The number of ether oxygens (including phenoxy) is 2. The Morgan fingerprint density at radius 1 is 1.06 bits per heavy atom. The Balaban J connectivity index is 1.31. The highest BCUT2D eigenvalue weighted by Crippen LogP contribution is 2.29. The monoisotopic (exact) mass is 464 g/mol. The number of aromatic nitrogens is 6. The fourth-order valence-electron chi connectivity index (χ4n) is 3.53. The average Bonchev–Trinajstić information content (AvgIpc) is 3.51. The normalized spacial score (nSPS) is 11.4. The van der Waals surface area contributed by atoms with Gasteiger partial charge in [0.2, 0.25) is 4.96 Å². The second-order valence-electron chi connectivity index (χ2n) is 7.44. The van der Waals surface area contributed by atoms with Crippen molar-refractivity contribution in [3.63, 3.8) is 0 Å². The second kappa shape index (κ2) is 9.08. The molecule has 2 aromatic carbocycles. The summed E-state index contributed by atoms with van der Waals surface area (Å²) >= 11 is 1.53. The predicted octanol–water partition coefficient (Wildman–Crippen LogP) is 4.27. The van der Waals surface area contributed by atoms with Crippen molar-refractivity contribution in [1.29, 1.82) is 0 Å². The van der Waals surface area contributed by atoms with Crippen molar-refractivity contribution in [3.8, 4) is 17.0 Å². The van der Waals surface area contributed by atoms with E-state index in [1.807, 2.05) is 35.7 Å². The van der Waals surface area contributed by atoms with Crippen LogP contribution in [0.5, 0.6) is 5.75 Å². The van der Waals surface area contributed by atoms with Crippen LogP contribution in [-0.4, -0.2) is 36.7 Å². The van der Waals surface area contributed by atoms with Gasteiger partial charge in [0.25, 0.3) is 0 Å². The molecule has 0 radical (unpaired) electrons. The van der Waals surface area contributed by atoms with Crippen LogP contribution in [0.1, 0.15) is 22.0 Å². The van der Waals surface area contributed by atoms with Gasteiger partial charge in [-0.1, -0.05) is 34.7 Å². The van der Waals surface area contributed by atoms with Gasteiger partial charge in [0.05, 0.1) is 44.5 Å². The lowest BCUT2D eigenvalue weighted by Crippen LogP contribution is -2.02. The highest BCUT2D eigenvalue weighted by Gasteiger charge is 2.18. The molecule has 8 nitrogen and oxygen atoms in total. The van der Waals surface area contributed by atoms with E-state index in [2.05, 4.69) is 15.4 Å².